The maximum atomic E-state index is 12.6. The first-order valence-corrected chi connectivity index (χ1v) is 9.91. The van der Waals surface area contributed by atoms with Crippen molar-refractivity contribution in [2.45, 2.75) is 25.7 Å². The predicted octanol–water partition coefficient (Wildman–Crippen LogP) is 1.92. The molecule has 6 nitrogen and oxygen atoms in total. The summed E-state index contributed by atoms with van der Waals surface area (Å²) in [4.78, 5) is 38.8. The molecule has 1 aromatic rings. The number of aliphatic hydroxyl groups excluding tert-OH is 1. The first-order chi connectivity index (χ1) is 12.5. The van der Waals surface area contributed by atoms with E-state index in [4.69, 9.17) is 0 Å². The second kappa shape index (κ2) is 8.22. The third-order valence-corrected chi connectivity index (χ3v) is 6.13. The van der Waals surface area contributed by atoms with E-state index < -0.39 is 0 Å². The molecule has 1 unspecified atom stereocenters. The van der Waals surface area contributed by atoms with E-state index in [0.717, 1.165) is 42.3 Å². The highest BCUT2D eigenvalue weighted by molar-refractivity contribution is 8.14. The van der Waals surface area contributed by atoms with Crippen molar-refractivity contribution >= 4 is 28.8 Å². The molecule has 1 aromatic carbocycles. The van der Waals surface area contributed by atoms with Gasteiger partial charge in [-0.15, -0.1) is 0 Å². The highest BCUT2D eigenvalue weighted by atomic mass is 32.2. The van der Waals surface area contributed by atoms with Crippen LogP contribution in [0.3, 0.4) is 0 Å². The van der Waals surface area contributed by atoms with E-state index in [-0.39, 0.29) is 41.4 Å². The minimum absolute atomic E-state index is 0.0288. The fraction of sp³-hybridized carbons (Fsp3) is 0.526. The van der Waals surface area contributed by atoms with Gasteiger partial charge in [0, 0.05) is 18.5 Å². The fourth-order valence-electron chi connectivity index (χ4n) is 3.66. The van der Waals surface area contributed by atoms with Crippen LogP contribution in [0.4, 0.5) is 4.79 Å². The number of hydrogen-bond donors (Lipinski definition) is 1. The fourth-order valence-corrected chi connectivity index (χ4v) is 4.38. The summed E-state index contributed by atoms with van der Waals surface area (Å²) in [6, 6.07) is 10.1. The van der Waals surface area contributed by atoms with E-state index in [1.165, 1.54) is 5.56 Å². The Morgan fingerprint density at radius 2 is 2.00 bits per heavy atom. The zero-order valence-electron chi connectivity index (χ0n) is 14.7. The Balaban J connectivity index is 1.61. The predicted molar refractivity (Wildman–Crippen MR) is 99.7 cm³/mol. The summed E-state index contributed by atoms with van der Waals surface area (Å²) >= 11 is 0.939. The maximum absolute atomic E-state index is 12.6. The molecule has 2 fully saturated rings. The zero-order chi connectivity index (χ0) is 18.6. The van der Waals surface area contributed by atoms with Crippen molar-refractivity contribution < 1.29 is 19.5 Å². The van der Waals surface area contributed by atoms with E-state index in [1.54, 1.807) is 4.90 Å². The molecule has 0 aromatic heterocycles. The normalized spacial score (nSPS) is 23.6. The van der Waals surface area contributed by atoms with Crippen molar-refractivity contribution in [2.75, 3.05) is 32.0 Å². The lowest BCUT2D eigenvalue weighted by Gasteiger charge is -2.42. The molecule has 2 aliphatic heterocycles. The van der Waals surface area contributed by atoms with Crippen LogP contribution in [0, 0.1) is 5.41 Å². The topological polar surface area (TPSA) is 77.9 Å². The van der Waals surface area contributed by atoms with Gasteiger partial charge in [-0.2, -0.15) is 0 Å². The Hall–Kier alpha value is -1.86. The zero-order valence-corrected chi connectivity index (χ0v) is 15.5. The van der Waals surface area contributed by atoms with Crippen molar-refractivity contribution in [3.63, 3.8) is 0 Å². The van der Waals surface area contributed by atoms with E-state index >= 15 is 0 Å². The third-order valence-electron chi connectivity index (χ3n) is 5.27. The van der Waals surface area contributed by atoms with Gasteiger partial charge in [0.2, 0.25) is 11.8 Å². The number of amides is 3. The van der Waals surface area contributed by atoms with Gasteiger partial charge in [-0.3, -0.25) is 19.3 Å². The molecule has 0 bridgehead atoms. The van der Waals surface area contributed by atoms with Gasteiger partial charge in [0.05, 0.1) is 12.4 Å². The van der Waals surface area contributed by atoms with Gasteiger partial charge in [0.15, 0.2) is 0 Å². The van der Waals surface area contributed by atoms with Gasteiger partial charge < -0.3 is 10.0 Å². The summed E-state index contributed by atoms with van der Waals surface area (Å²) < 4.78 is 0. The van der Waals surface area contributed by atoms with Crippen LogP contribution in [0.5, 0.6) is 0 Å². The molecule has 1 N–H and O–H groups in total. The molecule has 0 spiro atoms. The minimum atomic E-state index is -0.349. The Bertz CT molecular complexity index is 665. The third kappa shape index (κ3) is 4.27. The van der Waals surface area contributed by atoms with Crippen LogP contribution in [-0.4, -0.2) is 64.0 Å². The number of nitrogens with zero attached hydrogens (tertiary/aromatic N) is 2. The number of aryl methyl sites for hydroxylation is 1. The maximum Gasteiger partial charge on any atom is 0.289 e. The molecular formula is C19H24N2O4S. The Kier molecular flexibility index (Phi) is 5.98. The highest BCUT2D eigenvalue weighted by Gasteiger charge is 2.38. The summed E-state index contributed by atoms with van der Waals surface area (Å²) in [7, 11) is 0. The Morgan fingerprint density at radius 1 is 1.23 bits per heavy atom. The summed E-state index contributed by atoms with van der Waals surface area (Å²) in [5.41, 5.74) is 0.895. The van der Waals surface area contributed by atoms with E-state index in [9.17, 15) is 19.5 Å². The molecular weight excluding hydrogens is 352 g/mol. The van der Waals surface area contributed by atoms with Gasteiger partial charge in [-0.25, -0.2) is 0 Å². The minimum Gasteiger partial charge on any atom is -0.396 e. The second-order valence-electron chi connectivity index (χ2n) is 7.10. The Morgan fingerprint density at radius 3 is 2.65 bits per heavy atom. The van der Waals surface area contributed by atoms with Crippen molar-refractivity contribution in [2.24, 2.45) is 5.41 Å². The number of benzene rings is 1. The van der Waals surface area contributed by atoms with E-state index in [1.807, 2.05) is 18.2 Å². The van der Waals surface area contributed by atoms with E-state index in [0.29, 0.717) is 13.1 Å². The molecule has 2 aliphatic rings. The number of carbonyl (C=O) groups is 3. The largest absolute Gasteiger partial charge is 0.396 e. The van der Waals surface area contributed by atoms with Crippen LogP contribution in [0.1, 0.15) is 24.8 Å². The Labute approximate surface area is 157 Å². The van der Waals surface area contributed by atoms with Crippen LogP contribution in [0.2, 0.25) is 0 Å². The summed E-state index contributed by atoms with van der Waals surface area (Å²) in [6.45, 7) is 0.916. The molecule has 0 aliphatic carbocycles. The van der Waals surface area contributed by atoms with Crippen molar-refractivity contribution in [1.82, 2.24) is 9.80 Å². The van der Waals surface area contributed by atoms with Gasteiger partial charge in [-0.1, -0.05) is 42.1 Å². The second-order valence-corrected chi connectivity index (χ2v) is 8.02. The molecule has 2 saturated heterocycles. The van der Waals surface area contributed by atoms with Crippen molar-refractivity contribution in [3.8, 4) is 0 Å². The monoisotopic (exact) mass is 376 g/mol. The molecule has 3 amide bonds. The average Bonchev–Trinajstić information content (AvgIpc) is 2.99. The lowest BCUT2D eigenvalue weighted by atomic mass is 9.76. The lowest BCUT2D eigenvalue weighted by Crippen LogP contribution is -2.51. The average molecular weight is 376 g/mol. The van der Waals surface area contributed by atoms with Crippen LogP contribution >= 0.6 is 11.8 Å². The van der Waals surface area contributed by atoms with Crippen molar-refractivity contribution in [3.05, 3.63) is 35.9 Å². The summed E-state index contributed by atoms with van der Waals surface area (Å²) in [6.07, 6.45) is 3.34. The molecule has 26 heavy (non-hydrogen) atoms. The molecule has 1 atom stereocenters. The van der Waals surface area contributed by atoms with Gasteiger partial charge in [-0.05, 0) is 31.2 Å². The molecule has 2 heterocycles. The van der Waals surface area contributed by atoms with Crippen LogP contribution in [0.25, 0.3) is 0 Å². The van der Waals surface area contributed by atoms with Gasteiger partial charge in [0.25, 0.3) is 5.24 Å². The first-order valence-electron chi connectivity index (χ1n) is 8.93. The summed E-state index contributed by atoms with van der Waals surface area (Å²) in [5, 5.41) is 9.68. The van der Waals surface area contributed by atoms with Crippen LogP contribution in [-0.2, 0) is 16.0 Å². The molecule has 3 rings (SSSR count). The number of rotatable bonds is 6. The smallest absolute Gasteiger partial charge is 0.289 e. The quantitative estimate of drug-likeness (QED) is 0.821. The number of aliphatic hydroxyl groups is 1. The molecule has 140 valence electrons. The van der Waals surface area contributed by atoms with Crippen molar-refractivity contribution in [1.29, 1.82) is 0 Å². The van der Waals surface area contributed by atoms with Gasteiger partial charge in [0.1, 0.15) is 6.54 Å². The highest BCUT2D eigenvalue weighted by Crippen LogP contribution is 2.34. The van der Waals surface area contributed by atoms with E-state index in [2.05, 4.69) is 12.1 Å². The van der Waals surface area contributed by atoms with Gasteiger partial charge >= 0.3 is 0 Å². The van der Waals surface area contributed by atoms with Crippen LogP contribution in [0.15, 0.2) is 30.3 Å². The molecule has 0 saturated carbocycles. The molecule has 7 heteroatoms. The number of imide groups is 1. The number of piperidine rings is 1. The number of carbonyl (C=O) groups excluding carboxylic acids is 3. The lowest BCUT2D eigenvalue weighted by molar-refractivity contribution is -0.139. The van der Waals surface area contributed by atoms with Crippen LogP contribution < -0.4 is 0 Å². The number of thioether (sulfide) groups is 1. The number of hydrogen-bond acceptors (Lipinski definition) is 5. The molecule has 0 radical (unpaired) electrons. The number of likely N-dealkylation sites (tertiary alicyclic amines) is 1. The summed E-state index contributed by atoms with van der Waals surface area (Å²) in [5.74, 6) is -0.404. The standard InChI is InChI=1S/C19H24N2O4S/c22-14-19(9-7-15-5-2-1-3-6-15)8-4-10-20(13-19)16(23)11-21-17(24)12-26-18(21)25/h1-3,5-6,22H,4,7-14H2. The first kappa shape index (κ1) is 18.9. The SMILES string of the molecule is O=C(CN1C(=O)CSC1=O)N1CCCC(CO)(CCc2ccccc2)C1.